The van der Waals surface area contributed by atoms with Crippen molar-refractivity contribution in [3.63, 3.8) is 0 Å². The Morgan fingerprint density at radius 2 is 1.18 bits per heavy atom. The minimum atomic E-state index is -5.08. The molecule has 0 radical (unpaired) electrons. The second-order valence-electron chi connectivity index (χ2n) is 7.34. The Hall–Kier alpha value is -0.630. The first-order valence-corrected chi connectivity index (χ1v) is 11.9. The third kappa shape index (κ3) is 25.4. The van der Waals surface area contributed by atoms with E-state index >= 15 is 0 Å². The van der Waals surface area contributed by atoms with Crippen LogP contribution < -0.4 is 0 Å². The quantitative estimate of drug-likeness (QED) is 0.322. The van der Waals surface area contributed by atoms with Crippen LogP contribution in [0.1, 0.15) is 84.0 Å². The number of carboxylic acids is 1. The van der Waals surface area contributed by atoms with E-state index < -0.39 is 22.9 Å². The molecular formula is C20H40F3NO3S. The monoisotopic (exact) mass is 431 g/mol. The molecule has 1 N–H and O–H groups in total. The number of aliphatic carboxylic acids is 1. The first-order chi connectivity index (χ1) is 13.1. The van der Waals surface area contributed by atoms with Gasteiger partial charge in [0.2, 0.25) is 0 Å². The number of halogens is 3. The lowest BCUT2D eigenvalue weighted by molar-refractivity contribution is -0.192. The molecule has 0 aliphatic carbocycles. The van der Waals surface area contributed by atoms with Crippen molar-refractivity contribution in [1.82, 2.24) is 4.90 Å². The summed E-state index contributed by atoms with van der Waals surface area (Å²) in [7, 11) is 3.49. The summed E-state index contributed by atoms with van der Waals surface area (Å²) in [6.45, 7) is 3.22. The number of unbranched alkanes of at least 4 members (excludes halogenated alkanes) is 11. The molecule has 0 aliphatic rings. The van der Waals surface area contributed by atoms with Gasteiger partial charge in [0.1, 0.15) is 0 Å². The largest absolute Gasteiger partial charge is 0.490 e. The maximum absolute atomic E-state index is 11.7. The van der Waals surface area contributed by atoms with E-state index in [1.54, 1.807) is 0 Å². The minimum Gasteiger partial charge on any atom is -0.475 e. The summed E-state index contributed by atoms with van der Waals surface area (Å²) in [5, 5.41) is 7.12. The third-order valence-electron chi connectivity index (χ3n) is 4.23. The van der Waals surface area contributed by atoms with Gasteiger partial charge >= 0.3 is 12.1 Å². The zero-order valence-electron chi connectivity index (χ0n) is 17.9. The molecule has 0 saturated carbocycles. The lowest BCUT2D eigenvalue weighted by Crippen LogP contribution is -2.21. The van der Waals surface area contributed by atoms with Crippen LogP contribution in [0.2, 0.25) is 0 Å². The van der Waals surface area contributed by atoms with Crippen LogP contribution in [0.3, 0.4) is 0 Å². The molecule has 0 aromatic heterocycles. The Morgan fingerprint density at radius 3 is 1.50 bits per heavy atom. The highest BCUT2D eigenvalue weighted by atomic mass is 32.2. The fraction of sp³-hybridized carbons (Fsp3) is 0.950. The minimum absolute atomic E-state index is 0.597. The van der Waals surface area contributed by atoms with Gasteiger partial charge in [-0.25, -0.2) is 4.79 Å². The van der Waals surface area contributed by atoms with Gasteiger partial charge in [0.25, 0.3) is 0 Å². The highest BCUT2D eigenvalue weighted by molar-refractivity contribution is 7.84. The van der Waals surface area contributed by atoms with E-state index in [0.717, 1.165) is 24.5 Å². The summed E-state index contributed by atoms with van der Waals surface area (Å²) >= 11 is 0. The van der Waals surface area contributed by atoms with E-state index in [9.17, 15) is 17.4 Å². The van der Waals surface area contributed by atoms with Crippen LogP contribution in [0.15, 0.2) is 0 Å². The number of rotatable bonds is 16. The standard InChI is InChI=1S/C18H39NOS.C2HF3O2/c1-4-5-6-7-8-9-10-11-12-13-14-15-17-21(20)18-16-19(2)3;3-2(4,5)1(6)7/h4-18H2,1-3H3;(H,6,7). The molecule has 0 aromatic carbocycles. The highest BCUT2D eigenvalue weighted by Crippen LogP contribution is 2.13. The smallest absolute Gasteiger partial charge is 0.475 e. The summed E-state index contributed by atoms with van der Waals surface area (Å²) in [4.78, 5) is 11.0. The zero-order chi connectivity index (χ0) is 21.8. The van der Waals surface area contributed by atoms with Gasteiger partial charge in [-0.05, 0) is 20.5 Å². The first kappa shape index (κ1) is 29.6. The number of alkyl halides is 3. The lowest BCUT2D eigenvalue weighted by Gasteiger charge is -2.08. The number of hydrogen-bond donors (Lipinski definition) is 1. The summed E-state index contributed by atoms with van der Waals surface area (Å²) in [5.41, 5.74) is 0. The average molecular weight is 432 g/mol. The molecule has 1 unspecified atom stereocenters. The Bertz CT molecular complexity index is 391. The van der Waals surface area contributed by atoms with Gasteiger partial charge in [0.05, 0.1) is 0 Å². The zero-order valence-corrected chi connectivity index (χ0v) is 18.7. The molecule has 0 rings (SSSR count). The number of nitrogens with zero attached hydrogens (tertiary/aromatic N) is 1. The van der Waals surface area contributed by atoms with Crippen LogP contribution in [-0.4, -0.2) is 58.5 Å². The van der Waals surface area contributed by atoms with Crippen molar-refractivity contribution in [3.8, 4) is 0 Å². The molecule has 0 aliphatic heterocycles. The van der Waals surface area contributed by atoms with Crippen LogP contribution >= 0.6 is 0 Å². The molecule has 0 saturated heterocycles. The van der Waals surface area contributed by atoms with Crippen molar-refractivity contribution < 1.29 is 27.3 Å². The third-order valence-corrected chi connectivity index (χ3v) is 5.62. The van der Waals surface area contributed by atoms with E-state index in [1.165, 1.54) is 70.6 Å². The van der Waals surface area contributed by atoms with Gasteiger partial charge in [0, 0.05) is 28.9 Å². The molecule has 1 atom stereocenters. The van der Waals surface area contributed by atoms with Crippen molar-refractivity contribution >= 4 is 16.8 Å². The molecule has 4 nitrogen and oxygen atoms in total. The second kappa shape index (κ2) is 19.7. The summed E-state index contributed by atoms with van der Waals surface area (Å²) in [6, 6.07) is 0. The van der Waals surface area contributed by atoms with Gasteiger partial charge in [-0.15, -0.1) is 0 Å². The number of carbonyl (C=O) groups is 1. The van der Waals surface area contributed by atoms with Crippen LogP contribution in [0.25, 0.3) is 0 Å². The Morgan fingerprint density at radius 1 is 0.821 bits per heavy atom. The van der Waals surface area contributed by atoms with E-state index in [0.29, 0.717) is 0 Å². The first-order valence-electron chi connectivity index (χ1n) is 10.4. The summed E-state index contributed by atoms with van der Waals surface area (Å²) in [6.07, 6.45) is 11.4. The van der Waals surface area contributed by atoms with Crippen LogP contribution in [0.4, 0.5) is 13.2 Å². The van der Waals surface area contributed by atoms with E-state index in [4.69, 9.17) is 9.90 Å². The van der Waals surface area contributed by atoms with Crippen LogP contribution in [0.5, 0.6) is 0 Å². The summed E-state index contributed by atoms with van der Waals surface area (Å²) in [5.74, 6) is -1.01. The Labute approximate surface area is 171 Å². The SMILES string of the molecule is CCCCCCCCCCCCCCS(=O)CCN(C)C.O=C(O)C(F)(F)F. The van der Waals surface area contributed by atoms with E-state index in [1.807, 2.05) is 14.1 Å². The van der Waals surface area contributed by atoms with Crippen molar-refractivity contribution in [2.24, 2.45) is 0 Å². The van der Waals surface area contributed by atoms with Crippen molar-refractivity contribution in [3.05, 3.63) is 0 Å². The van der Waals surface area contributed by atoms with Gasteiger partial charge < -0.3 is 10.0 Å². The molecule has 28 heavy (non-hydrogen) atoms. The molecule has 0 bridgehead atoms. The lowest BCUT2D eigenvalue weighted by atomic mass is 10.1. The Kier molecular flexibility index (Phi) is 20.8. The second-order valence-corrected chi connectivity index (χ2v) is 9.04. The van der Waals surface area contributed by atoms with Crippen molar-refractivity contribution in [2.75, 3.05) is 32.1 Å². The fourth-order valence-electron chi connectivity index (χ4n) is 2.49. The molecule has 0 fully saturated rings. The van der Waals surface area contributed by atoms with Gasteiger partial charge in [0.15, 0.2) is 0 Å². The van der Waals surface area contributed by atoms with Crippen molar-refractivity contribution in [2.45, 2.75) is 90.1 Å². The molecule has 0 amide bonds. The molecule has 170 valence electrons. The number of hydrogen-bond acceptors (Lipinski definition) is 3. The molecule has 0 spiro atoms. The van der Waals surface area contributed by atoms with Gasteiger partial charge in [-0.2, -0.15) is 13.2 Å². The van der Waals surface area contributed by atoms with Gasteiger partial charge in [-0.1, -0.05) is 77.6 Å². The molecule has 0 aromatic rings. The predicted octanol–water partition coefficient (Wildman–Crippen LogP) is 5.63. The van der Waals surface area contributed by atoms with E-state index in [2.05, 4.69) is 11.8 Å². The number of carboxylic acid groups (broad SMARTS) is 1. The highest BCUT2D eigenvalue weighted by Gasteiger charge is 2.38. The molecular weight excluding hydrogens is 391 g/mol. The maximum Gasteiger partial charge on any atom is 0.490 e. The van der Waals surface area contributed by atoms with E-state index in [-0.39, 0.29) is 0 Å². The average Bonchev–Trinajstić information content (AvgIpc) is 2.60. The predicted molar refractivity (Wildman–Crippen MR) is 111 cm³/mol. The Balaban J connectivity index is 0. The van der Waals surface area contributed by atoms with Crippen LogP contribution in [-0.2, 0) is 15.6 Å². The fourth-order valence-corrected chi connectivity index (χ4v) is 3.79. The topological polar surface area (TPSA) is 57.6 Å². The van der Waals surface area contributed by atoms with Gasteiger partial charge in [-0.3, -0.25) is 4.21 Å². The maximum atomic E-state index is 11.7. The van der Waals surface area contributed by atoms with Crippen LogP contribution in [0, 0.1) is 0 Å². The summed E-state index contributed by atoms with van der Waals surface area (Å²) < 4.78 is 43.5. The normalized spacial score (nSPS) is 12.5. The molecule has 0 heterocycles. The van der Waals surface area contributed by atoms with Crippen molar-refractivity contribution in [1.29, 1.82) is 0 Å². The molecule has 8 heteroatoms.